The molecule has 0 spiro atoms. The van der Waals surface area contributed by atoms with Crippen molar-refractivity contribution in [1.82, 2.24) is 0 Å². The second kappa shape index (κ2) is 8.15. The molecule has 0 bridgehead atoms. The molecule has 1 N–H and O–H groups in total. The van der Waals surface area contributed by atoms with Crippen LogP contribution in [0.3, 0.4) is 0 Å². The lowest BCUT2D eigenvalue weighted by Gasteiger charge is -2.12. The summed E-state index contributed by atoms with van der Waals surface area (Å²) in [6.07, 6.45) is 10.7. The summed E-state index contributed by atoms with van der Waals surface area (Å²) in [6.45, 7) is 11.8. The quantitative estimate of drug-likeness (QED) is 0.658. The van der Waals surface area contributed by atoms with Gasteiger partial charge in [-0.3, -0.25) is 0 Å². The van der Waals surface area contributed by atoms with Gasteiger partial charge in [0.2, 0.25) is 0 Å². The second-order valence-corrected chi connectivity index (χ2v) is 4.52. The van der Waals surface area contributed by atoms with Gasteiger partial charge in [0, 0.05) is 11.7 Å². The first kappa shape index (κ1) is 15.0. The Labute approximate surface area is 117 Å². The van der Waals surface area contributed by atoms with Gasteiger partial charge in [-0.05, 0) is 36.6 Å². The maximum absolute atomic E-state index is 3.77. The van der Waals surface area contributed by atoms with E-state index in [9.17, 15) is 0 Å². The number of benzene rings is 1. The van der Waals surface area contributed by atoms with E-state index in [1.54, 1.807) is 6.08 Å². The zero-order valence-electron chi connectivity index (χ0n) is 11.9. The summed E-state index contributed by atoms with van der Waals surface area (Å²) in [5.41, 5.74) is 3.39. The average molecular weight is 253 g/mol. The summed E-state index contributed by atoms with van der Waals surface area (Å²) >= 11 is 0. The highest BCUT2D eigenvalue weighted by molar-refractivity contribution is 5.58. The number of allylic oxidation sites excluding steroid dienone is 5. The van der Waals surface area contributed by atoms with Crippen LogP contribution in [0.15, 0.2) is 67.3 Å². The Bertz CT molecular complexity index is 463. The molecule has 0 fully saturated rings. The molecule has 0 heterocycles. The molecule has 0 aromatic heterocycles. The van der Waals surface area contributed by atoms with Crippen LogP contribution < -0.4 is 5.32 Å². The van der Waals surface area contributed by atoms with E-state index in [1.807, 2.05) is 18.2 Å². The summed E-state index contributed by atoms with van der Waals surface area (Å²) < 4.78 is 0. The number of hydrogen-bond donors (Lipinski definition) is 1. The van der Waals surface area contributed by atoms with Crippen LogP contribution in [0.1, 0.15) is 25.8 Å². The molecule has 0 aliphatic heterocycles. The predicted molar refractivity (Wildman–Crippen MR) is 87.3 cm³/mol. The fraction of sp³-hybridized carbons (Fsp3) is 0.222. The van der Waals surface area contributed by atoms with Crippen LogP contribution in [0.2, 0.25) is 0 Å². The van der Waals surface area contributed by atoms with Crippen LogP contribution >= 0.6 is 0 Å². The zero-order chi connectivity index (χ0) is 14.1. The molecule has 0 aliphatic rings. The summed E-state index contributed by atoms with van der Waals surface area (Å²) in [7, 11) is 0. The first-order valence-corrected chi connectivity index (χ1v) is 6.69. The minimum absolute atomic E-state index is 0.504. The standard InChI is InChI=1S/C18H23N/c1-5-8-16(7-3)9-10-17-11-13-18(14-12-17)19-15(4)6-2/h5,7-15,19H,1,3,6H2,2,4H3/b10-9+,16-8+. The van der Waals surface area contributed by atoms with Crippen molar-refractivity contribution in [3.8, 4) is 0 Å². The highest BCUT2D eigenvalue weighted by Gasteiger charge is 1.97. The maximum atomic E-state index is 3.77. The molecular weight excluding hydrogens is 230 g/mol. The zero-order valence-corrected chi connectivity index (χ0v) is 11.9. The van der Waals surface area contributed by atoms with Gasteiger partial charge in [-0.2, -0.15) is 0 Å². The molecule has 1 aromatic rings. The van der Waals surface area contributed by atoms with Gasteiger partial charge in [0.25, 0.3) is 0 Å². The van der Waals surface area contributed by atoms with Gasteiger partial charge in [-0.25, -0.2) is 0 Å². The first-order valence-electron chi connectivity index (χ1n) is 6.69. The second-order valence-electron chi connectivity index (χ2n) is 4.52. The van der Waals surface area contributed by atoms with Crippen molar-refractivity contribution in [1.29, 1.82) is 0 Å². The van der Waals surface area contributed by atoms with Crippen molar-refractivity contribution in [2.45, 2.75) is 26.3 Å². The normalized spacial score (nSPS) is 13.3. The third kappa shape index (κ3) is 5.43. The Morgan fingerprint density at radius 2 is 1.95 bits per heavy atom. The van der Waals surface area contributed by atoms with Gasteiger partial charge in [0.15, 0.2) is 0 Å². The molecule has 0 amide bonds. The number of hydrogen-bond acceptors (Lipinski definition) is 1. The Morgan fingerprint density at radius 1 is 1.26 bits per heavy atom. The maximum Gasteiger partial charge on any atom is 0.0342 e. The van der Waals surface area contributed by atoms with E-state index in [-0.39, 0.29) is 0 Å². The summed E-state index contributed by atoms with van der Waals surface area (Å²) in [5.74, 6) is 0. The van der Waals surface area contributed by atoms with Crippen molar-refractivity contribution in [2.24, 2.45) is 0 Å². The van der Waals surface area contributed by atoms with Gasteiger partial charge in [-0.1, -0.05) is 62.6 Å². The van der Waals surface area contributed by atoms with E-state index in [0.29, 0.717) is 6.04 Å². The topological polar surface area (TPSA) is 12.0 Å². The minimum atomic E-state index is 0.504. The van der Waals surface area contributed by atoms with Gasteiger partial charge >= 0.3 is 0 Å². The molecule has 1 rings (SSSR count). The molecule has 0 saturated carbocycles. The number of anilines is 1. The summed E-state index contributed by atoms with van der Waals surface area (Å²) in [4.78, 5) is 0. The fourth-order valence-electron chi connectivity index (χ4n) is 1.60. The lowest BCUT2D eigenvalue weighted by Crippen LogP contribution is -2.12. The molecule has 1 aromatic carbocycles. The van der Waals surface area contributed by atoms with E-state index in [2.05, 4.69) is 62.7 Å². The van der Waals surface area contributed by atoms with Gasteiger partial charge in [0.1, 0.15) is 0 Å². The van der Waals surface area contributed by atoms with E-state index < -0.39 is 0 Å². The third-order valence-electron chi connectivity index (χ3n) is 2.95. The van der Waals surface area contributed by atoms with Crippen molar-refractivity contribution in [3.05, 3.63) is 72.9 Å². The molecule has 1 atom stereocenters. The smallest absolute Gasteiger partial charge is 0.0342 e. The molecule has 1 unspecified atom stereocenters. The fourth-order valence-corrected chi connectivity index (χ4v) is 1.60. The lowest BCUT2D eigenvalue weighted by atomic mass is 10.1. The van der Waals surface area contributed by atoms with Crippen LogP contribution in [0.4, 0.5) is 5.69 Å². The molecular formula is C18H23N. The average Bonchev–Trinajstić information content (AvgIpc) is 2.44. The molecule has 0 saturated heterocycles. The Morgan fingerprint density at radius 3 is 2.47 bits per heavy atom. The Kier molecular flexibility index (Phi) is 6.45. The van der Waals surface area contributed by atoms with Crippen LogP contribution in [0, 0.1) is 0 Å². The largest absolute Gasteiger partial charge is 0.383 e. The number of nitrogens with one attached hydrogen (secondary N) is 1. The molecule has 0 radical (unpaired) electrons. The monoisotopic (exact) mass is 253 g/mol. The van der Waals surface area contributed by atoms with Crippen molar-refractivity contribution < 1.29 is 0 Å². The summed E-state index contributed by atoms with van der Waals surface area (Å²) in [5, 5.41) is 3.45. The highest BCUT2D eigenvalue weighted by atomic mass is 14.9. The van der Waals surface area contributed by atoms with E-state index >= 15 is 0 Å². The van der Waals surface area contributed by atoms with Gasteiger partial charge in [-0.15, -0.1) is 0 Å². The molecule has 1 nitrogen and oxygen atoms in total. The molecule has 100 valence electrons. The predicted octanol–water partition coefficient (Wildman–Crippen LogP) is 5.21. The molecule has 19 heavy (non-hydrogen) atoms. The van der Waals surface area contributed by atoms with Crippen LogP contribution in [0.25, 0.3) is 6.08 Å². The van der Waals surface area contributed by atoms with Crippen LogP contribution in [-0.4, -0.2) is 6.04 Å². The van der Waals surface area contributed by atoms with E-state index in [4.69, 9.17) is 0 Å². The molecule has 1 heteroatoms. The summed E-state index contributed by atoms with van der Waals surface area (Å²) in [6, 6.07) is 8.93. The Hall–Kier alpha value is -2.02. The van der Waals surface area contributed by atoms with Crippen molar-refractivity contribution in [3.63, 3.8) is 0 Å². The minimum Gasteiger partial charge on any atom is -0.383 e. The van der Waals surface area contributed by atoms with E-state index in [0.717, 1.165) is 17.7 Å². The SMILES string of the molecule is C=C/C=C(C=C)/C=C/c1ccc(NC(C)CC)cc1. The van der Waals surface area contributed by atoms with Crippen LogP contribution in [0.5, 0.6) is 0 Å². The lowest BCUT2D eigenvalue weighted by molar-refractivity contribution is 0.764. The third-order valence-corrected chi connectivity index (χ3v) is 2.95. The highest BCUT2D eigenvalue weighted by Crippen LogP contribution is 2.13. The van der Waals surface area contributed by atoms with Crippen molar-refractivity contribution >= 4 is 11.8 Å². The van der Waals surface area contributed by atoms with Gasteiger partial charge < -0.3 is 5.32 Å². The molecule has 0 aliphatic carbocycles. The van der Waals surface area contributed by atoms with Gasteiger partial charge in [0.05, 0.1) is 0 Å². The van der Waals surface area contributed by atoms with E-state index in [1.165, 1.54) is 5.56 Å². The Balaban J connectivity index is 2.71. The van der Waals surface area contributed by atoms with Crippen molar-refractivity contribution in [2.75, 3.05) is 5.32 Å². The van der Waals surface area contributed by atoms with Crippen LogP contribution in [-0.2, 0) is 0 Å². The number of rotatable bonds is 7. The first-order chi connectivity index (χ1) is 9.19.